The topological polar surface area (TPSA) is 59.2 Å². The zero-order chi connectivity index (χ0) is 20.4. The molecule has 6 heteroatoms. The van der Waals surface area contributed by atoms with Crippen molar-refractivity contribution >= 4 is 5.96 Å². The predicted octanol–water partition coefficient (Wildman–Crippen LogP) is 3.34. The van der Waals surface area contributed by atoms with Crippen LogP contribution in [0.15, 0.2) is 58.1 Å². The maximum atomic E-state index is 5.99. The summed E-state index contributed by atoms with van der Waals surface area (Å²) in [5.74, 6) is 3.10. The third kappa shape index (κ3) is 6.34. The van der Waals surface area contributed by atoms with Crippen LogP contribution in [-0.2, 0) is 22.5 Å². The summed E-state index contributed by atoms with van der Waals surface area (Å²) in [6.45, 7) is 6.83. The van der Waals surface area contributed by atoms with Gasteiger partial charge in [0, 0.05) is 51.0 Å². The molecule has 6 nitrogen and oxygen atoms in total. The zero-order valence-corrected chi connectivity index (χ0v) is 17.7. The summed E-state index contributed by atoms with van der Waals surface area (Å²) in [5.41, 5.74) is 1.23. The van der Waals surface area contributed by atoms with Crippen molar-refractivity contribution in [2.75, 3.05) is 46.0 Å². The first-order chi connectivity index (χ1) is 14.9. The van der Waals surface area contributed by atoms with Crippen LogP contribution in [0.4, 0.5) is 0 Å². The van der Waals surface area contributed by atoms with Crippen molar-refractivity contribution in [1.29, 1.82) is 0 Å². The van der Waals surface area contributed by atoms with E-state index in [1.165, 1.54) is 5.56 Å². The lowest BCUT2D eigenvalue weighted by Gasteiger charge is -2.22. The highest BCUT2D eigenvalue weighted by Crippen LogP contribution is 2.18. The Morgan fingerprint density at radius 2 is 2.07 bits per heavy atom. The van der Waals surface area contributed by atoms with E-state index >= 15 is 0 Å². The SMILES string of the molecule is c1ccc(COCC2CCN(C(=NCC3CCOC3)NCCc3ccco3)C2)cc1. The highest BCUT2D eigenvalue weighted by molar-refractivity contribution is 5.80. The van der Waals surface area contributed by atoms with Crippen LogP contribution in [0.3, 0.4) is 0 Å². The molecule has 1 aromatic carbocycles. The summed E-state index contributed by atoms with van der Waals surface area (Å²) >= 11 is 0. The van der Waals surface area contributed by atoms with Gasteiger partial charge in [0.25, 0.3) is 0 Å². The fourth-order valence-corrected chi connectivity index (χ4v) is 4.04. The minimum Gasteiger partial charge on any atom is -0.469 e. The number of hydrogen-bond acceptors (Lipinski definition) is 4. The number of nitrogens with one attached hydrogen (secondary N) is 1. The summed E-state index contributed by atoms with van der Waals surface area (Å²) in [5, 5.41) is 3.56. The average molecular weight is 412 g/mol. The molecule has 2 aliphatic heterocycles. The van der Waals surface area contributed by atoms with Gasteiger partial charge in [-0.15, -0.1) is 0 Å². The van der Waals surface area contributed by atoms with Crippen molar-refractivity contribution in [3.63, 3.8) is 0 Å². The maximum Gasteiger partial charge on any atom is 0.193 e. The molecule has 4 rings (SSSR count). The monoisotopic (exact) mass is 411 g/mol. The van der Waals surface area contributed by atoms with Gasteiger partial charge in [-0.05, 0) is 30.5 Å². The Kier molecular flexibility index (Phi) is 7.81. The van der Waals surface area contributed by atoms with Gasteiger partial charge < -0.3 is 24.1 Å². The summed E-state index contributed by atoms with van der Waals surface area (Å²) in [7, 11) is 0. The Labute approximate surface area is 179 Å². The molecule has 2 unspecified atom stereocenters. The van der Waals surface area contributed by atoms with E-state index in [2.05, 4.69) is 34.5 Å². The van der Waals surface area contributed by atoms with E-state index in [-0.39, 0.29) is 0 Å². The number of guanidine groups is 1. The van der Waals surface area contributed by atoms with Crippen LogP contribution < -0.4 is 5.32 Å². The van der Waals surface area contributed by atoms with Gasteiger partial charge in [0.2, 0.25) is 0 Å². The molecular formula is C24H33N3O3. The van der Waals surface area contributed by atoms with E-state index in [4.69, 9.17) is 18.9 Å². The van der Waals surface area contributed by atoms with Gasteiger partial charge in [-0.1, -0.05) is 30.3 Å². The molecule has 162 valence electrons. The minimum absolute atomic E-state index is 0.541. The zero-order valence-electron chi connectivity index (χ0n) is 17.7. The number of benzene rings is 1. The van der Waals surface area contributed by atoms with E-state index in [0.717, 1.165) is 77.0 Å². The quantitative estimate of drug-likeness (QED) is 0.507. The molecule has 0 saturated carbocycles. The lowest BCUT2D eigenvalue weighted by Crippen LogP contribution is -2.41. The van der Waals surface area contributed by atoms with E-state index < -0.39 is 0 Å². The molecule has 0 bridgehead atoms. The molecule has 2 fully saturated rings. The molecule has 30 heavy (non-hydrogen) atoms. The molecule has 0 spiro atoms. The summed E-state index contributed by atoms with van der Waals surface area (Å²) in [6.07, 6.45) is 4.83. The second-order valence-corrected chi connectivity index (χ2v) is 8.25. The first kappa shape index (κ1) is 20.9. The highest BCUT2D eigenvalue weighted by Gasteiger charge is 2.26. The van der Waals surface area contributed by atoms with Crippen molar-refractivity contribution in [1.82, 2.24) is 10.2 Å². The Hall–Kier alpha value is -2.31. The molecule has 1 N–H and O–H groups in total. The van der Waals surface area contributed by atoms with Gasteiger partial charge >= 0.3 is 0 Å². The number of furan rings is 1. The molecule has 0 aliphatic carbocycles. The minimum atomic E-state index is 0.541. The summed E-state index contributed by atoms with van der Waals surface area (Å²) in [4.78, 5) is 7.33. The Morgan fingerprint density at radius 1 is 1.13 bits per heavy atom. The van der Waals surface area contributed by atoms with Crippen molar-refractivity contribution in [3.8, 4) is 0 Å². The van der Waals surface area contributed by atoms with Crippen LogP contribution in [0, 0.1) is 11.8 Å². The summed E-state index contributed by atoms with van der Waals surface area (Å²) < 4.78 is 17.0. The van der Waals surface area contributed by atoms with Crippen LogP contribution in [0.2, 0.25) is 0 Å². The van der Waals surface area contributed by atoms with Crippen LogP contribution in [0.5, 0.6) is 0 Å². The first-order valence-electron chi connectivity index (χ1n) is 11.1. The molecule has 2 atom stereocenters. The molecule has 2 saturated heterocycles. The third-order valence-electron chi connectivity index (χ3n) is 5.81. The Morgan fingerprint density at radius 3 is 2.87 bits per heavy atom. The highest BCUT2D eigenvalue weighted by atomic mass is 16.5. The van der Waals surface area contributed by atoms with Gasteiger partial charge in [0.1, 0.15) is 5.76 Å². The number of likely N-dealkylation sites (tertiary alicyclic amines) is 1. The van der Waals surface area contributed by atoms with Gasteiger partial charge in [-0.2, -0.15) is 0 Å². The summed E-state index contributed by atoms with van der Waals surface area (Å²) in [6, 6.07) is 14.3. The molecule has 1 aromatic heterocycles. The lowest BCUT2D eigenvalue weighted by molar-refractivity contribution is 0.0906. The fourth-order valence-electron chi connectivity index (χ4n) is 4.04. The number of aliphatic imine (C=N–C) groups is 1. The molecule has 0 radical (unpaired) electrons. The van der Waals surface area contributed by atoms with E-state index in [1.54, 1.807) is 6.26 Å². The molecule has 2 aromatic rings. The maximum absolute atomic E-state index is 5.99. The first-order valence-corrected chi connectivity index (χ1v) is 11.1. The van der Waals surface area contributed by atoms with Crippen molar-refractivity contribution < 1.29 is 13.9 Å². The van der Waals surface area contributed by atoms with Crippen LogP contribution in [0.25, 0.3) is 0 Å². The van der Waals surface area contributed by atoms with Crippen LogP contribution >= 0.6 is 0 Å². The predicted molar refractivity (Wildman–Crippen MR) is 117 cm³/mol. The lowest BCUT2D eigenvalue weighted by atomic mass is 10.1. The molecular weight excluding hydrogens is 378 g/mol. The second-order valence-electron chi connectivity index (χ2n) is 8.25. The van der Waals surface area contributed by atoms with Crippen molar-refractivity contribution in [3.05, 3.63) is 60.1 Å². The normalized spacial score (nSPS) is 22.0. The van der Waals surface area contributed by atoms with E-state index in [1.807, 2.05) is 18.2 Å². The Balaban J connectivity index is 1.26. The van der Waals surface area contributed by atoms with Gasteiger partial charge in [0.15, 0.2) is 5.96 Å². The van der Waals surface area contributed by atoms with E-state index in [0.29, 0.717) is 18.4 Å². The average Bonchev–Trinajstić information content (AvgIpc) is 3.54. The van der Waals surface area contributed by atoms with Gasteiger partial charge in [-0.25, -0.2) is 0 Å². The second kappa shape index (κ2) is 11.2. The third-order valence-corrected chi connectivity index (χ3v) is 5.81. The standard InChI is InChI=1S/C24H33N3O3/c1-2-5-20(6-3-1)17-29-19-22-9-12-27(16-22)24(26-15-21-10-14-28-18-21)25-11-8-23-7-4-13-30-23/h1-7,13,21-22H,8-12,14-19H2,(H,25,26). The van der Waals surface area contributed by atoms with Crippen LogP contribution in [0.1, 0.15) is 24.2 Å². The Bertz CT molecular complexity index is 757. The van der Waals surface area contributed by atoms with Crippen molar-refractivity contribution in [2.24, 2.45) is 16.8 Å². The van der Waals surface area contributed by atoms with Crippen LogP contribution in [-0.4, -0.2) is 56.9 Å². The number of hydrogen-bond donors (Lipinski definition) is 1. The van der Waals surface area contributed by atoms with Gasteiger partial charge in [0.05, 0.1) is 26.1 Å². The molecule has 3 heterocycles. The number of rotatable bonds is 9. The fraction of sp³-hybridized carbons (Fsp3) is 0.542. The largest absolute Gasteiger partial charge is 0.469 e. The van der Waals surface area contributed by atoms with E-state index in [9.17, 15) is 0 Å². The number of nitrogens with zero attached hydrogens (tertiary/aromatic N) is 2. The number of ether oxygens (including phenoxy) is 2. The molecule has 2 aliphatic rings. The molecule has 0 amide bonds. The smallest absolute Gasteiger partial charge is 0.193 e. The van der Waals surface area contributed by atoms with Gasteiger partial charge in [-0.3, -0.25) is 4.99 Å². The van der Waals surface area contributed by atoms with Crippen molar-refractivity contribution in [2.45, 2.75) is 25.9 Å².